The number of nitrogens with zero attached hydrogens (tertiary/aromatic N) is 1. The normalized spacial score (nSPS) is 10.0. The van der Waals surface area contributed by atoms with Crippen molar-refractivity contribution in [2.24, 2.45) is 0 Å². The number of hydroxylamine groups is 2. The van der Waals surface area contributed by atoms with Crippen molar-refractivity contribution < 1.29 is 29.0 Å². The summed E-state index contributed by atoms with van der Waals surface area (Å²) in [5.74, 6) is 0. The number of nitrogens with one attached hydrogen (secondary N) is 1. The molecule has 19 heavy (non-hydrogen) atoms. The standard InChI is InChI=1S/C11H22N2O6/c1-3-4-6-18-10(14)12-5-7-17-8-9-19-13(2)11(15)16/h3-9H2,1-2H3,(H,12,14)(H,15,16). The van der Waals surface area contributed by atoms with Crippen LogP contribution in [0.2, 0.25) is 0 Å². The van der Waals surface area contributed by atoms with E-state index < -0.39 is 12.2 Å². The molecule has 0 spiro atoms. The van der Waals surface area contributed by atoms with Gasteiger partial charge in [0.1, 0.15) is 0 Å². The van der Waals surface area contributed by atoms with Crippen LogP contribution in [0.25, 0.3) is 0 Å². The van der Waals surface area contributed by atoms with Crippen molar-refractivity contribution >= 4 is 12.2 Å². The van der Waals surface area contributed by atoms with E-state index in [0.29, 0.717) is 24.8 Å². The number of hydrogen-bond donors (Lipinski definition) is 2. The maximum atomic E-state index is 11.1. The van der Waals surface area contributed by atoms with Gasteiger partial charge in [0.2, 0.25) is 0 Å². The molecule has 0 aliphatic rings. The zero-order valence-corrected chi connectivity index (χ0v) is 11.4. The van der Waals surface area contributed by atoms with E-state index in [1.807, 2.05) is 6.92 Å². The second-order valence-electron chi connectivity index (χ2n) is 3.64. The summed E-state index contributed by atoms with van der Waals surface area (Å²) >= 11 is 0. The number of hydrogen-bond acceptors (Lipinski definition) is 5. The minimum atomic E-state index is -1.17. The van der Waals surface area contributed by atoms with Crippen LogP contribution in [0.5, 0.6) is 0 Å². The molecule has 0 atom stereocenters. The van der Waals surface area contributed by atoms with Crippen LogP contribution in [0.4, 0.5) is 9.59 Å². The summed E-state index contributed by atoms with van der Waals surface area (Å²) in [7, 11) is 1.29. The molecule has 0 aliphatic carbocycles. The van der Waals surface area contributed by atoms with E-state index in [2.05, 4.69) is 5.32 Å². The molecule has 0 aliphatic heterocycles. The van der Waals surface area contributed by atoms with Crippen LogP contribution in [0.15, 0.2) is 0 Å². The lowest BCUT2D eigenvalue weighted by molar-refractivity contribution is -0.126. The number of unbranched alkanes of at least 4 members (excludes halogenated alkanes) is 1. The molecule has 0 heterocycles. The average Bonchev–Trinajstić information content (AvgIpc) is 2.37. The molecule has 2 amide bonds. The summed E-state index contributed by atoms with van der Waals surface area (Å²) in [6.07, 6.45) is 0.190. The number of rotatable bonds is 10. The Morgan fingerprint density at radius 2 is 1.95 bits per heavy atom. The zero-order chi connectivity index (χ0) is 14.5. The highest BCUT2D eigenvalue weighted by Gasteiger charge is 2.04. The van der Waals surface area contributed by atoms with E-state index in [-0.39, 0.29) is 13.2 Å². The first kappa shape index (κ1) is 17.5. The first-order chi connectivity index (χ1) is 9.07. The lowest BCUT2D eigenvalue weighted by Gasteiger charge is -2.12. The van der Waals surface area contributed by atoms with E-state index in [0.717, 1.165) is 12.8 Å². The number of ether oxygens (including phenoxy) is 2. The van der Waals surface area contributed by atoms with E-state index in [4.69, 9.17) is 19.4 Å². The average molecular weight is 278 g/mol. The van der Waals surface area contributed by atoms with E-state index >= 15 is 0 Å². The number of alkyl carbamates (subject to hydrolysis) is 1. The molecule has 0 fully saturated rings. The van der Waals surface area contributed by atoms with Crippen molar-refractivity contribution in [3.05, 3.63) is 0 Å². The van der Waals surface area contributed by atoms with Gasteiger partial charge >= 0.3 is 12.2 Å². The van der Waals surface area contributed by atoms with Crippen LogP contribution in [0.1, 0.15) is 19.8 Å². The highest BCUT2D eigenvalue weighted by molar-refractivity contribution is 5.67. The minimum absolute atomic E-state index is 0.129. The van der Waals surface area contributed by atoms with Gasteiger partial charge in [-0.05, 0) is 6.42 Å². The molecule has 0 aromatic carbocycles. The third kappa shape index (κ3) is 11.3. The topological polar surface area (TPSA) is 97.3 Å². The molecule has 0 unspecified atom stereocenters. The molecule has 8 heteroatoms. The molecule has 112 valence electrons. The van der Waals surface area contributed by atoms with Crippen molar-refractivity contribution in [1.82, 2.24) is 10.4 Å². The molecule has 0 saturated heterocycles. The van der Waals surface area contributed by atoms with Gasteiger partial charge in [-0.1, -0.05) is 13.3 Å². The third-order valence-electron chi connectivity index (χ3n) is 2.03. The van der Waals surface area contributed by atoms with Gasteiger partial charge in [0, 0.05) is 13.6 Å². The van der Waals surface area contributed by atoms with E-state index in [9.17, 15) is 9.59 Å². The van der Waals surface area contributed by atoms with Gasteiger partial charge in [0.25, 0.3) is 0 Å². The van der Waals surface area contributed by atoms with Crippen molar-refractivity contribution in [3.63, 3.8) is 0 Å². The second-order valence-corrected chi connectivity index (χ2v) is 3.64. The predicted molar refractivity (Wildman–Crippen MR) is 66.8 cm³/mol. The Morgan fingerprint density at radius 3 is 2.58 bits per heavy atom. The highest BCUT2D eigenvalue weighted by Crippen LogP contribution is 1.88. The van der Waals surface area contributed by atoms with Crippen LogP contribution >= 0.6 is 0 Å². The molecule has 8 nitrogen and oxygen atoms in total. The largest absolute Gasteiger partial charge is 0.463 e. The van der Waals surface area contributed by atoms with Crippen LogP contribution in [0.3, 0.4) is 0 Å². The minimum Gasteiger partial charge on any atom is -0.463 e. The fourth-order valence-electron chi connectivity index (χ4n) is 0.976. The quantitative estimate of drug-likeness (QED) is 0.458. The highest BCUT2D eigenvalue weighted by atomic mass is 16.7. The van der Waals surface area contributed by atoms with Gasteiger partial charge in [-0.2, -0.15) is 5.06 Å². The lowest BCUT2D eigenvalue weighted by atomic mass is 10.4. The van der Waals surface area contributed by atoms with Gasteiger partial charge in [-0.25, -0.2) is 9.59 Å². The monoisotopic (exact) mass is 278 g/mol. The summed E-state index contributed by atoms with van der Waals surface area (Å²) in [5.41, 5.74) is 0. The molecule has 0 bridgehead atoms. The first-order valence-electron chi connectivity index (χ1n) is 6.15. The fourth-order valence-corrected chi connectivity index (χ4v) is 0.976. The molecule has 0 radical (unpaired) electrons. The fraction of sp³-hybridized carbons (Fsp3) is 0.818. The summed E-state index contributed by atoms with van der Waals surface area (Å²) in [5, 5.41) is 11.7. The molecule has 0 saturated carbocycles. The zero-order valence-electron chi connectivity index (χ0n) is 11.4. The molecule has 0 aromatic heterocycles. The lowest BCUT2D eigenvalue weighted by Crippen LogP contribution is -2.29. The number of carbonyl (C=O) groups excluding carboxylic acids is 1. The Morgan fingerprint density at radius 1 is 1.21 bits per heavy atom. The molecule has 0 aromatic rings. The van der Waals surface area contributed by atoms with Gasteiger partial charge in [0.15, 0.2) is 0 Å². The van der Waals surface area contributed by atoms with Crippen LogP contribution in [-0.4, -0.2) is 62.4 Å². The van der Waals surface area contributed by atoms with Crippen molar-refractivity contribution in [3.8, 4) is 0 Å². The number of amides is 2. The Kier molecular flexibility index (Phi) is 10.6. The number of carbonyl (C=O) groups is 2. The Hall–Kier alpha value is -1.54. The number of carboxylic acid groups (broad SMARTS) is 1. The third-order valence-corrected chi connectivity index (χ3v) is 2.03. The van der Waals surface area contributed by atoms with Crippen LogP contribution in [-0.2, 0) is 14.3 Å². The van der Waals surface area contributed by atoms with Crippen LogP contribution in [0, 0.1) is 0 Å². The molecular weight excluding hydrogens is 256 g/mol. The SMILES string of the molecule is CCCCOC(=O)NCCOCCON(C)C(=O)O. The molecule has 0 rings (SSSR count). The summed E-state index contributed by atoms with van der Waals surface area (Å²) < 4.78 is 9.99. The Labute approximate surface area is 112 Å². The maximum absolute atomic E-state index is 11.1. The van der Waals surface area contributed by atoms with Crippen LogP contribution < -0.4 is 5.32 Å². The summed E-state index contributed by atoms with van der Waals surface area (Å²) in [4.78, 5) is 26.2. The van der Waals surface area contributed by atoms with Crippen molar-refractivity contribution in [2.75, 3.05) is 40.0 Å². The van der Waals surface area contributed by atoms with Gasteiger partial charge < -0.3 is 19.9 Å². The van der Waals surface area contributed by atoms with Crippen molar-refractivity contribution in [2.45, 2.75) is 19.8 Å². The molecule has 2 N–H and O–H groups in total. The Balaban J connectivity index is 3.26. The van der Waals surface area contributed by atoms with E-state index in [1.165, 1.54) is 7.05 Å². The summed E-state index contributed by atoms with van der Waals surface area (Å²) in [6.45, 7) is 3.44. The van der Waals surface area contributed by atoms with Gasteiger partial charge in [0.05, 0.1) is 26.4 Å². The van der Waals surface area contributed by atoms with Gasteiger partial charge in [-0.3, -0.25) is 4.84 Å². The maximum Gasteiger partial charge on any atom is 0.431 e. The predicted octanol–water partition coefficient (Wildman–Crippen LogP) is 1.07. The van der Waals surface area contributed by atoms with E-state index in [1.54, 1.807) is 0 Å². The molecular formula is C11H22N2O6. The van der Waals surface area contributed by atoms with Gasteiger partial charge in [-0.15, -0.1) is 0 Å². The Bertz CT molecular complexity index is 262. The summed E-state index contributed by atoms with van der Waals surface area (Å²) in [6, 6.07) is 0. The second kappa shape index (κ2) is 11.5. The van der Waals surface area contributed by atoms with Crippen molar-refractivity contribution in [1.29, 1.82) is 0 Å². The smallest absolute Gasteiger partial charge is 0.431 e. The first-order valence-corrected chi connectivity index (χ1v) is 6.15.